The third-order valence-electron chi connectivity index (χ3n) is 2.85. The maximum Gasteiger partial charge on any atom is 0.147 e. The minimum Gasteiger partial charge on any atom is -0.384 e. The Morgan fingerprint density at radius 1 is 1.16 bits per heavy atom. The van der Waals surface area contributed by atoms with Crippen molar-refractivity contribution >= 4 is 43.5 Å². The number of aryl methyl sites for hydroxylation is 1. The Bertz CT molecular complexity index is 631. The van der Waals surface area contributed by atoms with Gasteiger partial charge >= 0.3 is 0 Å². The fourth-order valence-electron chi connectivity index (χ4n) is 1.77. The minimum atomic E-state index is -1.08. The molecule has 100 valence electrons. The van der Waals surface area contributed by atoms with Crippen molar-refractivity contribution in [2.45, 2.75) is 13.0 Å². The molecule has 0 saturated heterocycles. The largest absolute Gasteiger partial charge is 0.384 e. The molecule has 5 heteroatoms. The summed E-state index contributed by atoms with van der Waals surface area (Å²) in [6.07, 6.45) is -1.08. The van der Waals surface area contributed by atoms with Gasteiger partial charge in [-0.15, -0.1) is 0 Å². The summed E-state index contributed by atoms with van der Waals surface area (Å²) in [5.74, 6) is -0.597. The molecule has 0 aliphatic carbocycles. The summed E-state index contributed by atoms with van der Waals surface area (Å²) in [5, 5.41) is 10.3. The molecule has 0 heterocycles. The first kappa shape index (κ1) is 15.0. The number of rotatable bonds is 2. The van der Waals surface area contributed by atoms with Gasteiger partial charge in [0.1, 0.15) is 11.9 Å². The molecule has 2 aromatic rings. The van der Waals surface area contributed by atoms with Gasteiger partial charge in [0.25, 0.3) is 0 Å². The standard InChI is InChI=1S/C14H10Br2ClFO/c1-7-5-11(16)9(6-10(7)15)14(19)8-3-2-4-12(17)13(8)18/h2-6,14,19H,1H3. The highest BCUT2D eigenvalue weighted by molar-refractivity contribution is 9.11. The summed E-state index contributed by atoms with van der Waals surface area (Å²) in [6, 6.07) is 8.22. The zero-order chi connectivity index (χ0) is 14.2. The molecule has 0 bridgehead atoms. The predicted octanol–water partition coefficient (Wildman–Crippen LogP) is 5.39. The lowest BCUT2D eigenvalue weighted by Gasteiger charge is -2.16. The van der Waals surface area contributed by atoms with E-state index in [1.54, 1.807) is 12.1 Å². The first-order valence-electron chi connectivity index (χ1n) is 5.49. The van der Waals surface area contributed by atoms with Gasteiger partial charge in [0.2, 0.25) is 0 Å². The van der Waals surface area contributed by atoms with Gasteiger partial charge < -0.3 is 5.11 Å². The molecule has 2 rings (SSSR count). The van der Waals surface area contributed by atoms with E-state index < -0.39 is 11.9 Å². The third-order valence-corrected chi connectivity index (χ3v) is 4.68. The van der Waals surface area contributed by atoms with Crippen molar-refractivity contribution in [3.05, 3.63) is 66.8 Å². The highest BCUT2D eigenvalue weighted by Crippen LogP contribution is 2.35. The predicted molar refractivity (Wildman–Crippen MR) is 82.1 cm³/mol. The number of hydrogen-bond donors (Lipinski definition) is 1. The summed E-state index contributed by atoms with van der Waals surface area (Å²) < 4.78 is 15.5. The van der Waals surface area contributed by atoms with Gasteiger partial charge in [0, 0.05) is 20.1 Å². The third kappa shape index (κ3) is 3.02. The highest BCUT2D eigenvalue weighted by Gasteiger charge is 2.19. The van der Waals surface area contributed by atoms with Gasteiger partial charge in [0.05, 0.1) is 5.02 Å². The van der Waals surface area contributed by atoms with Gasteiger partial charge in [0.15, 0.2) is 0 Å². The maximum absolute atomic E-state index is 13.9. The number of aliphatic hydroxyl groups excluding tert-OH is 1. The van der Waals surface area contributed by atoms with Crippen molar-refractivity contribution < 1.29 is 9.50 Å². The summed E-state index contributed by atoms with van der Waals surface area (Å²) in [4.78, 5) is 0. The van der Waals surface area contributed by atoms with E-state index in [-0.39, 0.29) is 10.6 Å². The summed E-state index contributed by atoms with van der Waals surface area (Å²) in [7, 11) is 0. The number of hydrogen-bond acceptors (Lipinski definition) is 1. The van der Waals surface area contributed by atoms with Crippen LogP contribution in [0.2, 0.25) is 5.02 Å². The summed E-state index contributed by atoms with van der Waals surface area (Å²) in [6.45, 7) is 1.94. The van der Waals surface area contributed by atoms with Crippen LogP contribution in [0.4, 0.5) is 4.39 Å². The van der Waals surface area contributed by atoms with Crippen molar-refractivity contribution in [3.63, 3.8) is 0 Å². The van der Waals surface area contributed by atoms with Crippen LogP contribution in [0.5, 0.6) is 0 Å². The topological polar surface area (TPSA) is 20.2 Å². The molecule has 0 saturated carbocycles. The summed E-state index contributed by atoms with van der Waals surface area (Å²) in [5.41, 5.74) is 1.76. The van der Waals surface area contributed by atoms with Crippen LogP contribution in [0.15, 0.2) is 39.3 Å². The van der Waals surface area contributed by atoms with E-state index in [2.05, 4.69) is 31.9 Å². The lowest BCUT2D eigenvalue weighted by Crippen LogP contribution is -2.04. The molecule has 1 unspecified atom stereocenters. The van der Waals surface area contributed by atoms with Crippen molar-refractivity contribution in [1.82, 2.24) is 0 Å². The molecule has 0 spiro atoms. The van der Waals surface area contributed by atoms with Crippen molar-refractivity contribution in [2.24, 2.45) is 0 Å². The smallest absolute Gasteiger partial charge is 0.147 e. The molecule has 0 aliphatic heterocycles. The van der Waals surface area contributed by atoms with Gasteiger partial charge in [-0.2, -0.15) is 0 Å². The SMILES string of the molecule is Cc1cc(Br)c(C(O)c2cccc(Cl)c2F)cc1Br. The molecule has 19 heavy (non-hydrogen) atoms. The van der Waals surface area contributed by atoms with Crippen LogP contribution in [0, 0.1) is 12.7 Å². The van der Waals surface area contributed by atoms with Gasteiger partial charge in [-0.1, -0.05) is 55.6 Å². The first-order chi connectivity index (χ1) is 8.91. The molecule has 0 aromatic heterocycles. The Hall–Kier alpha value is -0.420. The van der Waals surface area contributed by atoms with E-state index in [4.69, 9.17) is 11.6 Å². The van der Waals surface area contributed by atoms with Crippen molar-refractivity contribution in [3.8, 4) is 0 Å². The fourth-order valence-corrected chi connectivity index (χ4v) is 2.99. The molecule has 2 aromatic carbocycles. The molecule has 1 atom stereocenters. The average Bonchev–Trinajstić information content (AvgIpc) is 2.36. The van der Waals surface area contributed by atoms with Crippen LogP contribution in [0.3, 0.4) is 0 Å². The zero-order valence-corrected chi connectivity index (χ0v) is 13.9. The Labute approximate surface area is 132 Å². The van der Waals surface area contributed by atoms with E-state index in [1.807, 2.05) is 13.0 Å². The van der Waals surface area contributed by atoms with Gasteiger partial charge in [-0.3, -0.25) is 0 Å². The number of benzene rings is 2. The Balaban J connectivity index is 2.53. The molecule has 0 radical (unpaired) electrons. The molecular formula is C14H10Br2ClFO. The van der Waals surface area contributed by atoms with Crippen LogP contribution >= 0.6 is 43.5 Å². The maximum atomic E-state index is 13.9. The lowest BCUT2D eigenvalue weighted by molar-refractivity contribution is 0.214. The van der Waals surface area contributed by atoms with E-state index in [1.165, 1.54) is 12.1 Å². The molecule has 0 aliphatic rings. The number of halogens is 4. The zero-order valence-electron chi connectivity index (χ0n) is 9.92. The lowest BCUT2D eigenvalue weighted by atomic mass is 10.00. The van der Waals surface area contributed by atoms with Crippen LogP contribution in [0.25, 0.3) is 0 Å². The average molecular weight is 408 g/mol. The van der Waals surface area contributed by atoms with Crippen LogP contribution < -0.4 is 0 Å². The van der Waals surface area contributed by atoms with Gasteiger partial charge in [-0.05, 0) is 30.7 Å². The minimum absolute atomic E-state index is 0.00106. The monoisotopic (exact) mass is 406 g/mol. The fraction of sp³-hybridized carbons (Fsp3) is 0.143. The second kappa shape index (κ2) is 5.92. The van der Waals surface area contributed by atoms with Crippen LogP contribution in [0.1, 0.15) is 22.8 Å². The van der Waals surface area contributed by atoms with Crippen LogP contribution in [-0.2, 0) is 0 Å². The van der Waals surface area contributed by atoms with Gasteiger partial charge in [-0.25, -0.2) is 4.39 Å². The second-order valence-electron chi connectivity index (χ2n) is 4.17. The first-order valence-corrected chi connectivity index (χ1v) is 7.45. The highest BCUT2D eigenvalue weighted by atomic mass is 79.9. The number of aliphatic hydroxyl groups is 1. The van der Waals surface area contributed by atoms with Crippen LogP contribution in [-0.4, -0.2) is 5.11 Å². The van der Waals surface area contributed by atoms with E-state index in [0.717, 1.165) is 14.5 Å². The summed E-state index contributed by atoms with van der Waals surface area (Å²) >= 11 is 12.5. The van der Waals surface area contributed by atoms with E-state index >= 15 is 0 Å². The molecule has 1 N–H and O–H groups in total. The van der Waals surface area contributed by atoms with Crippen molar-refractivity contribution in [1.29, 1.82) is 0 Å². The van der Waals surface area contributed by atoms with E-state index in [9.17, 15) is 9.50 Å². The Morgan fingerprint density at radius 2 is 1.84 bits per heavy atom. The molecule has 1 nitrogen and oxygen atoms in total. The molecule has 0 amide bonds. The molecular weight excluding hydrogens is 398 g/mol. The Morgan fingerprint density at radius 3 is 2.53 bits per heavy atom. The van der Waals surface area contributed by atoms with E-state index in [0.29, 0.717) is 5.56 Å². The normalized spacial score (nSPS) is 12.5. The van der Waals surface area contributed by atoms with Crippen molar-refractivity contribution in [2.75, 3.05) is 0 Å². The Kier molecular flexibility index (Phi) is 4.66. The quantitative estimate of drug-likeness (QED) is 0.706. The molecule has 0 fully saturated rings. The second-order valence-corrected chi connectivity index (χ2v) is 6.28.